The number of ether oxygens (including phenoxy) is 3. The zero-order chi connectivity index (χ0) is 28.9. The first-order chi connectivity index (χ1) is 19.3. The van der Waals surface area contributed by atoms with E-state index in [-0.39, 0.29) is 18.1 Å². The molecule has 2 atom stereocenters. The molecule has 0 aliphatic heterocycles. The van der Waals surface area contributed by atoms with E-state index in [0.29, 0.717) is 31.1 Å². The number of aryl methyl sites for hydroxylation is 1. The van der Waals surface area contributed by atoms with Gasteiger partial charge in [0.25, 0.3) is 5.91 Å². The number of rotatable bonds is 15. The predicted molar refractivity (Wildman–Crippen MR) is 164 cm³/mol. The molecule has 7 heteroatoms. The van der Waals surface area contributed by atoms with E-state index in [4.69, 9.17) is 14.2 Å². The smallest absolute Gasteiger partial charge is 0.328 e. The van der Waals surface area contributed by atoms with E-state index in [9.17, 15) is 9.59 Å². The SMILES string of the molecule is COC(=O)C(CCSC)NC(=O)c1ccc(CO[C@H](COC(C)C)CC2CCCCC2)cc1-c1ccccc1C. The number of carbonyl (C=O) groups excluding carboxylic acids is 2. The third-order valence-corrected chi connectivity index (χ3v) is 8.23. The number of esters is 1. The fraction of sp³-hybridized carbons (Fsp3) is 0.576. The molecule has 0 bridgehead atoms. The molecule has 40 heavy (non-hydrogen) atoms. The van der Waals surface area contributed by atoms with Gasteiger partial charge in [-0.05, 0) is 85.9 Å². The molecule has 0 heterocycles. The summed E-state index contributed by atoms with van der Waals surface area (Å²) in [6, 6.07) is 13.2. The van der Waals surface area contributed by atoms with Gasteiger partial charge in [0.15, 0.2) is 0 Å². The predicted octanol–water partition coefficient (Wildman–Crippen LogP) is 6.97. The van der Waals surface area contributed by atoms with E-state index in [1.807, 2.05) is 55.6 Å². The lowest BCUT2D eigenvalue weighted by molar-refractivity contribution is -0.142. The van der Waals surface area contributed by atoms with Gasteiger partial charge in [0.2, 0.25) is 0 Å². The largest absolute Gasteiger partial charge is 0.467 e. The van der Waals surface area contributed by atoms with E-state index >= 15 is 0 Å². The number of benzene rings is 2. The van der Waals surface area contributed by atoms with E-state index in [1.54, 1.807) is 11.8 Å². The highest BCUT2D eigenvalue weighted by atomic mass is 32.2. The Morgan fingerprint density at radius 3 is 2.45 bits per heavy atom. The number of hydrogen-bond acceptors (Lipinski definition) is 6. The normalized spacial score (nSPS) is 15.6. The van der Waals surface area contributed by atoms with Crippen LogP contribution in [0.1, 0.15) is 80.3 Å². The first-order valence-corrected chi connectivity index (χ1v) is 16.0. The number of carbonyl (C=O) groups is 2. The Morgan fingerprint density at radius 1 is 1.02 bits per heavy atom. The lowest BCUT2D eigenvalue weighted by Gasteiger charge is -2.27. The molecule has 1 unspecified atom stereocenters. The molecule has 1 saturated carbocycles. The van der Waals surface area contributed by atoms with E-state index < -0.39 is 12.0 Å². The molecular formula is C33H47NO5S. The molecule has 3 rings (SSSR count). The van der Waals surface area contributed by atoms with Crippen LogP contribution >= 0.6 is 11.8 Å². The number of thioether (sulfide) groups is 1. The second kappa shape index (κ2) is 16.8. The van der Waals surface area contributed by atoms with Gasteiger partial charge in [-0.2, -0.15) is 11.8 Å². The maximum atomic E-state index is 13.5. The van der Waals surface area contributed by atoms with Crippen LogP contribution in [-0.4, -0.2) is 55.9 Å². The molecule has 2 aromatic rings. The molecule has 1 aliphatic carbocycles. The minimum Gasteiger partial charge on any atom is -0.467 e. The fourth-order valence-corrected chi connectivity index (χ4v) is 5.80. The number of nitrogens with one attached hydrogen (secondary N) is 1. The summed E-state index contributed by atoms with van der Waals surface area (Å²) in [5.41, 5.74) is 4.41. The molecule has 0 spiro atoms. The molecule has 220 valence electrons. The van der Waals surface area contributed by atoms with Crippen molar-refractivity contribution in [1.29, 1.82) is 0 Å². The monoisotopic (exact) mass is 569 g/mol. The van der Waals surface area contributed by atoms with Crippen LogP contribution in [0.5, 0.6) is 0 Å². The lowest BCUT2D eigenvalue weighted by Crippen LogP contribution is -2.42. The van der Waals surface area contributed by atoms with E-state index in [0.717, 1.165) is 34.4 Å². The van der Waals surface area contributed by atoms with Crippen LogP contribution in [-0.2, 0) is 25.6 Å². The zero-order valence-electron chi connectivity index (χ0n) is 24.9. The quantitative estimate of drug-likeness (QED) is 0.234. The van der Waals surface area contributed by atoms with Crippen LogP contribution in [0.15, 0.2) is 42.5 Å². The Bertz CT molecular complexity index is 1080. The summed E-state index contributed by atoms with van der Waals surface area (Å²) < 4.78 is 17.4. The number of hydrogen-bond donors (Lipinski definition) is 1. The first kappa shape index (κ1) is 32.2. The van der Waals surface area contributed by atoms with Crippen molar-refractivity contribution in [2.45, 2.75) is 90.6 Å². The van der Waals surface area contributed by atoms with Gasteiger partial charge in [-0.15, -0.1) is 0 Å². The summed E-state index contributed by atoms with van der Waals surface area (Å²) in [6.45, 7) is 7.19. The molecule has 2 aromatic carbocycles. The van der Waals surface area contributed by atoms with Gasteiger partial charge in [0.05, 0.1) is 32.5 Å². The second-order valence-corrected chi connectivity index (χ2v) is 12.1. The van der Waals surface area contributed by atoms with Crippen molar-refractivity contribution >= 4 is 23.6 Å². The summed E-state index contributed by atoms with van der Waals surface area (Å²) in [5, 5.41) is 2.92. The highest BCUT2D eigenvalue weighted by molar-refractivity contribution is 7.98. The molecule has 0 radical (unpaired) electrons. The maximum Gasteiger partial charge on any atom is 0.328 e. The maximum absolute atomic E-state index is 13.5. The Labute approximate surface area is 244 Å². The molecule has 0 saturated heterocycles. The van der Waals surface area contributed by atoms with Crippen molar-refractivity contribution < 1.29 is 23.8 Å². The third kappa shape index (κ3) is 9.93. The molecule has 1 fully saturated rings. The van der Waals surface area contributed by atoms with Gasteiger partial charge in [-0.25, -0.2) is 4.79 Å². The molecule has 1 aliphatic rings. The summed E-state index contributed by atoms with van der Waals surface area (Å²) >= 11 is 1.63. The number of methoxy groups -OCH3 is 1. The highest BCUT2D eigenvalue weighted by Gasteiger charge is 2.24. The zero-order valence-corrected chi connectivity index (χ0v) is 25.7. The van der Waals surface area contributed by atoms with E-state index in [1.165, 1.54) is 39.2 Å². The van der Waals surface area contributed by atoms with Crippen LogP contribution in [0.2, 0.25) is 0 Å². The summed E-state index contributed by atoms with van der Waals surface area (Å²) in [5.74, 6) is 0.709. The average Bonchev–Trinajstić information content (AvgIpc) is 2.96. The van der Waals surface area contributed by atoms with Crippen LogP contribution in [0.4, 0.5) is 0 Å². The van der Waals surface area contributed by atoms with Gasteiger partial charge in [0, 0.05) is 5.56 Å². The molecular weight excluding hydrogens is 522 g/mol. The summed E-state index contributed by atoms with van der Waals surface area (Å²) in [4.78, 5) is 25.9. The number of amides is 1. The van der Waals surface area contributed by atoms with Crippen LogP contribution in [0.3, 0.4) is 0 Å². The minimum absolute atomic E-state index is 0.0348. The van der Waals surface area contributed by atoms with Crippen LogP contribution < -0.4 is 5.32 Å². The van der Waals surface area contributed by atoms with Crippen molar-refractivity contribution in [1.82, 2.24) is 5.32 Å². The van der Waals surface area contributed by atoms with Crippen molar-refractivity contribution in [3.05, 3.63) is 59.2 Å². The van der Waals surface area contributed by atoms with Gasteiger partial charge in [0.1, 0.15) is 6.04 Å². The highest BCUT2D eigenvalue weighted by Crippen LogP contribution is 2.31. The van der Waals surface area contributed by atoms with Crippen molar-refractivity contribution in [2.75, 3.05) is 25.7 Å². The van der Waals surface area contributed by atoms with Gasteiger partial charge in [-0.3, -0.25) is 4.79 Å². The van der Waals surface area contributed by atoms with E-state index in [2.05, 4.69) is 19.2 Å². The average molecular weight is 570 g/mol. The minimum atomic E-state index is -0.695. The topological polar surface area (TPSA) is 73.9 Å². The summed E-state index contributed by atoms with van der Waals surface area (Å²) in [6.07, 6.45) is 10.2. The van der Waals surface area contributed by atoms with Crippen molar-refractivity contribution in [3.8, 4) is 11.1 Å². The van der Waals surface area contributed by atoms with Gasteiger partial charge < -0.3 is 19.5 Å². The van der Waals surface area contributed by atoms with Gasteiger partial charge >= 0.3 is 5.97 Å². The van der Waals surface area contributed by atoms with Crippen LogP contribution in [0, 0.1) is 12.8 Å². The molecule has 0 aromatic heterocycles. The van der Waals surface area contributed by atoms with Crippen molar-refractivity contribution in [3.63, 3.8) is 0 Å². The fourth-order valence-electron chi connectivity index (χ4n) is 5.33. The van der Waals surface area contributed by atoms with Crippen molar-refractivity contribution in [2.24, 2.45) is 5.92 Å². The van der Waals surface area contributed by atoms with Crippen LogP contribution in [0.25, 0.3) is 11.1 Å². The second-order valence-electron chi connectivity index (χ2n) is 11.1. The lowest BCUT2D eigenvalue weighted by atomic mass is 9.85. The Kier molecular flexibility index (Phi) is 13.5. The Hall–Kier alpha value is -2.35. The third-order valence-electron chi connectivity index (χ3n) is 7.59. The Balaban J connectivity index is 1.83. The van der Waals surface area contributed by atoms with Gasteiger partial charge in [-0.1, -0.05) is 62.4 Å². The first-order valence-electron chi connectivity index (χ1n) is 14.6. The molecule has 1 amide bonds. The standard InChI is InChI=1S/C33H47NO5S/c1-23(2)38-22-27(19-25-12-7-6-8-13-25)39-21-26-15-16-29(30(20-26)28-14-10-9-11-24(28)3)32(35)34-31(17-18-40-5)33(36)37-4/h9-11,14-16,20,23,25,27,31H,6-8,12-13,17-19,21-22H2,1-5H3,(H,34,35)/t27-,31?/m0/s1. The molecule has 6 nitrogen and oxygen atoms in total. The molecule has 1 N–H and O–H groups in total. The Morgan fingerprint density at radius 2 is 1.77 bits per heavy atom. The summed E-state index contributed by atoms with van der Waals surface area (Å²) in [7, 11) is 1.35.